The number of methoxy groups -OCH3 is 1. The maximum absolute atomic E-state index is 13.0. The van der Waals surface area contributed by atoms with Crippen LogP contribution in [-0.4, -0.2) is 27.7 Å². The van der Waals surface area contributed by atoms with Crippen LogP contribution in [0.25, 0.3) is 10.9 Å². The number of aromatic nitrogens is 2. The molecule has 1 atom stereocenters. The van der Waals surface area contributed by atoms with Gasteiger partial charge in [-0.25, -0.2) is 4.98 Å². The van der Waals surface area contributed by atoms with E-state index in [9.17, 15) is 14.7 Å². The largest absolute Gasteiger partial charge is 0.497 e. The minimum Gasteiger partial charge on any atom is -0.497 e. The van der Waals surface area contributed by atoms with Crippen LogP contribution in [0.1, 0.15) is 23.9 Å². The maximum Gasteiger partial charge on any atom is 0.305 e. The molecule has 0 unspecified atom stereocenters. The maximum atomic E-state index is 13.0. The number of aryl methyl sites for hydroxylation is 1. The molecule has 0 aliphatic heterocycles. The highest BCUT2D eigenvalue weighted by Crippen LogP contribution is 2.25. The Morgan fingerprint density at radius 2 is 1.88 bits per heavy atom. The summed E-state index contributed by atoms with van der Waals surface area (Å²) in [5, 5.41) is 9.81. The van der Waals surface area contributed by atoms with E-state index in [2.05, 4.69) is 4.98 Å². The van der Waals surface area contributed by atoms with E-state index >= 15 is 0 Å². The molecule has 1 heterocycles. The number of para-hydroxylation sites is 1. The van der Waals surface area contributed by atoms with Gasteiger partial charge in [0.15, 0.2) is 0 Å². The van der Waals surface area contributed by atoms with Gasteiger partial charge in [-0.1, -0.05) is 24.3 Å². The average Bonchev–Trinajstić information content (AvgIpc) is 2.60. The lowest BCUT2D eigenvalue weighted by atomic mass is 10.0. The van der Waals surface area contributed by atoms with Gasteiger partial charge in [-0.15, -0.1) is 0 Å². The Kier molecular flexibility index (Phi) is 4.52. The molecule has 6 nitrogen and oxygen atoms in total. The standard InChI is InChI=1S/C19H18N2O4/c1-12-20-16-6-4-3-5-15(16)19(24)21(12)17(11-18(22)23)13-7-9-14(25-2)10-8-13/h3-10,17H,11H2,1-2H3,(H,22,23)/t17-/m1/s1. The predicted molar refractivity (Wildman–Crippen MR) is 94.1 cm³/mol. The first-order valence-corrected chi connectivity index (χ1v) is 7.85. The minimum absolute atomic E-state index is 0.215. The Balaban J connectivity index is 2.20. The molecule has 0 aliphatic carbocycles. The van der Waals surface area contributed by atoms with E-state index < -0.39 is 12.0 Å². The van der Waals surface area contributed by atoms with Crippen LogP contribution >= 0.6 is 0 Å². The molecule has 0 radical (unpaired) electrons. The lowest BCUT2D eigenvalue weighted by molar-refractivity contribution is -0.137. The molecule has 3 aromatic rings. The number of ether oxygens (including phenoxy) is 1. The van der Waals surface area contributed by atoms with E-state index in [1.54, 1.807) is 56.5 Å². The third-order valence-electron chi connectivity index (χ3n) is 4.16. The van der Waals surface area contributed by atoms with Crippen molar-refractivity contribution in [2.75, 3.05) is 7.11 Å². The summed E-state index contributed by atoms with van der Waals surface area (Å²) in [7, 11) is 1.56. The van der Waals surface area contributed by atoms with Crippen molar-refractivity contribution in [3.63, 3.8) is 0 Å². The number of nitrogens with zero attached hydrogens (tertiary/aromatic N) is 2. The monoisotopic (exact) mass is 338 g/mol. The van der Waals surface area contributed by atoms with E-state index in [1.165, 1.54) is 4.57 Å². The van der Waals surface area contributed by atoms with E-state index in [1.807, 2.05) is 6.07 Å². The Bertz CT molecular complexity index is 977. The molecule has 1 aromatic heterocycles. The summed E-state index contributed by atoms with van der Waals surface area (Å²) in [6.07, 6.45) is -0.215. The predicted octanol–water partition coefficient (Wildman–Crippen LogP) is 2.78. The highest BCUT2D eigenvalue weighted by Gasteiger charge is 2.22. The van der Waals surface area contributed by atoms with Crippen molar-refractivity contribution in [3.05, 3.63) is 70.3 Å². The van der Waals surface area contributed by atoms with Gasteiger partial charge in [-0.05, 0) is 36.8 Å². The van der Waals surface area contributed by atoms with Crippen LogP contribution in [0.2, 0.25) is 0 Å². The highest BCUT2D eigenvalue weighted by atomic mass is 16.5. The highest BCUT2D eigenvalue weighted by molar-refractivity contribution is 5.77. The molecule has 0 spiro atoms. The van der Waals surface area contributed by atoms with Gasteiger partial charge in [0.05, 0.1) is 30.5 Å². The van der Waals surface area contributed by atoms with Crippen molar-refractivity contribution in [2.45, 2.75) is 19.4 Å². The second kappa shape index (κ2) is 6.76. The number of carboxylic acids is 1. The van der Waals surface area contributed by atoms with Gasteiger partial charge >= 0.3 is 5.97 Å². The zero-order valence-corrected chi connectivity index (χ0v) is 14.0. The molecular weight excluding hydrogens is 320 g/mol. The lowest BCUT2D eigenvalue weighted by Gasteiger charge is -2.21. The summed E-state index contributed by atoms with van der Waals surface area (Å²) in [5.74, 6) is 0.157. The molecule has 0 amide bonds. The van der Waals surface area contributed by atoms with Gasteiger partial charge in [-0.3, -0.25) is 14.2 Å². The minimum atomic E-state index is -0.986. The smallest absolute Gasteiger partial charge is 0.305 e. The second-order valence-corrected chi connectivity index (χ2v) is 5.74. The van der Waals surface area contributed by atoms with Crippen LogP contribution in [0, 0.1) is 6.92 Å². The Hall–Kier alpha value is -3.15. The van der Waals surface area contributed by atoms with Crippen molar-refractivity contribution in [1.29, 1.82) is 0 Å². The van der Waals surface area contributed by atoms with Crippen molar-refractivity contribution in [1.82, 2.24) is 9.55 Å². The number of carboxylic acid groups (broad SMARTS) is 1. The summed E-state index contributed by atoms with van der Waals surface area (Å²) < 4.78 is 6.60. The number of hydrogen-bond donors (Lipinski definition) is 1. The van der Waals surface area contributed by atoms with Crippen molar-refractivity contribution >= 4 is 16.9 Å². The summed E-state index contributed by atoms with van der Waals surface area (Å²) >= 11 is 0. The SMILES string of the molecule is COc1ccc([C@@H](CC(=O)O)n2c(C)nc3ccccc3c2=O)cc1. The summed E-state index contributed by atoms with van der Waals surface area (Å²) in [6, 6.07) is 13.5. The van der Waals surface area contributed by atoms with Gasteiger partial charge in [0, 0.05) is 0 Å². The topological polar surface area (TPSA) is 81.4 Å². The van der Waals surface area contributed by atoms with Crippen LogP contribution in [0.3, 0.4) is 0 Å². The van der Waals surface area contributed by atoms with Crippen LogP contribution < -0.4 is 10.3 Å². The number of aliphatic carboxylic acids is 1. The van der Waals surface area contributed by atoms with E-state index in [-0.39, 0.29) is 12.0 Å². The van der Waals surface area contributed by atoms with Crippen molar-refractivity contribution in [2.24, 2.45) is 0 Å². The first kappa shape index (κ1) is 16.7. The molecule has 0 aliphatic rings. The number of carbonyl (C=O) groups is 1. The lowest BCUT2D eigenvalue weighted by Crippen LogP contribution is -2.30. The summed E-state index contributed by atoms with van der Waals surface area (Å²) in [5.41, 5.74) is 1.07. The van der Waals surface area contributed by atoms with Crippen molar-refractivity contribution in [3.8, 4) is 5.75 Å². The summed E-state index contributed by atoms with van der Waals surface area (Å²) in [4.78, 5) is 28.8. The molecule has 1 N–H and O–H groups in total. The zero-order valence-electron chi connectivity index (χ0n) is 14.0. The van der Waals surface area contributed by atoms with Gasteiger partial charge in [0.1, 0.15) is 11.6 Å². The first-order valence-electron chi connectivity index (χ1n) is 7.85. The van der Waals surface area contributed by atoms with E-state index in [0.717, 1.165) is 0 Å². The van der Waals surface area contributed by atoms with Gasteiger partial charge in [-0.2, -0.15) is 0 Å². The fraction of sp³-hybridized carbons (Fsp3) is 0.211. The average molecular weight is 338 g/mol. The first-order chi connectivity index (χ1) is 12.0. The third kappa shape index (κ3) is 3.24. The molecule has 3 rings (SSSR count). The fourth-order valence-corrected chi connectivity index (χ4v) is 2.97. The number of benzene rings is 2. The van der Waals surface area contributed by atoms with E-state index in [0.29, 0.717) is 28.0 Å². The summed E-state index contributed by atoms with van der Waals surface area (Å²) in [6.45, 7) is 1.71. The van der Waals surface area contributed by atoms with Crippen molar-refractivity contribution < 1.29 is 14.6 Å². The number of fused-ring (bicyclic) bond motifs is 1. The molecule has 0 bridgehead atoms. The molecule has 0 saturated heterocycles. The van der Waals surface area contributed by atoms with Crippen LogP contribution in [0.5, 0.6) is 5.75 Å². The van der Waals surface area contributed by atoms with Gasteiger partial charge in [0.2, 0.25) is 0 Å². The van der Waals surface area contributed by atoms with Crippen LogP contribution in [-0.2, 0) is 4.79 Å². The van der Waals surface area contributed by atoms with E-state index in [4.69, 9.17) is 4.74 Å². The van der Waals surface area contributed by atoms with Gasteiger partial charge < -0.3 is 9.84 Å². The molecule has 0 saturated carbocycles. The Morgan fingerprint density at radius 1 is 1.20 bits per heavy atom. The normalized spacial score (nSPS) is 12.1. The van der Waals surface area contributed by atoms with Crippen LogP contribution in [0.15, 0.2) is 53.3 Å². The number of rotatable bonds is 5. The van der Waals surface area contributed by atoms with Crippen LogP contribution in [0.4, 0.5) is 0 Å². The third-order valence-corrected chi connectivity index (χ3v) is 4.16. The molecule has 25 heavy (non-hydrogen) atoms. The quantitative estimate of drug-likeness (QED) is 0.773. The Morgan fingerprint density at radius 3 is 2.52 bits per heavy atom. The van der Waals surface area contributed by atoms with Gasteiger partial charge in [0.25, 0.3) is 5.56 Å². The molecule has 0 fully saturated rings. The Labute approximate surface area is 144 Å². The molecule has 6 heteroatoms. The molecule has 128 valence electrons. The zero-order chi connectivity index (χ0) is 18.0. The fourth-order valence-electron chi connectivity index (χ4n) is 2.97. The second-order valence-electron chi connectivity index (χ2n) is 5.74. The number of hydrogen-bond acceptors (Lipinski definition) is 4. The molecule has 2 aromatic carbocycles. The molecular formula is C19H18N2O4.